The molecule has 0 amide bonds. The average Bonchev–Trinajstić information content (AvgIpc) is 2.04. The first kappa shape index (κ1) is 9.07. The van der Waals surface area contributed by atoms with Crippen molar-refractivity contribution in [2.75, 3.05) is 0 Å². The van der Waals surface area contributed by atoms with Crippen LogP contribution >= 0.6 is 0 Å². The van der Waals surface area contributed by atoms with E-state index in [1.54, 1.807) is 6.19 Å². The first-order valence-corrected chi connectivity index (χ1v) is 3.78. The molecular weight excluding hydrogens is 164 g/mol. The molecule has 0 unspecified atom stereocenters. The molecule has 0 aliphatic carbocycles. The second kappa shape index (κ2) is 4.12. The number of guanidine groups is 1. The minimum absolute atomic E-state index is 0.105. The van der Waals surface area contributed by atoms with Crippen molar-refractivity contribution in [3.63, 3.8) is 0 Å². The van der Waals surface area contributed by atoms with E-state index in [1.165, 1.54) is 0 Å². The molecule has 0 heterocycles. The van der Waals surface area contributed by atoms with Crippen molar-refractivity contribution in [3.05, 3.63) is 29.8 Å². The highest BCUT2D eigenvalue weighted by Gasteiger charge is 1.91. The molecule has 1 rings (SSSR count). The van der Waals surface area contributed by atoms with Crippen LogP contribution in [0.5, 0.6) is 0 Å². The molecule has 0 atom stereocenters. The largest absolute Gasteiger partial charge is 0.369 e. The lowest BCUT2D eigenvalue weighted by Gasteiger charge is -1.97. The Bertz CT molecular complexity index is 362. The molecule has 4 nitrogen and oxygen atoms in total. The van der Waals surface area contributed by atoms with Crippen LogP contribution in [0.4, 0.5) is 5.69 Å². The Labute approximate surface area is 76.7 Å². The summed E-state index contributed by atoms with van der Waals surface area (Å²) in [5, 5.41) is 10.5. The molecule has 4 heteroatoms. The van der Waals surface area contributed by atoms with Gasteiger partial charge in [0.1, 0.15) is 0 Å². The summed E-state index contributed by atoms with van der Waals surface area (Å²) in [4.78, 5) is 3.97. The van der Waals surface area contributed by atoms with E-state index in [2.05, 4.69) is 10.3 Å². The second-order valence-corrected chi connectivity index (χ2v) is 2.57. The molecule has 0 saturated carbocycles. The number of aryl methyl sites for hydroxylation is 1. The van der Waals surface area contributed by atoms with Crippen LogP contribution in [0.25, 0.3) is 0 Å². The fraction of sp³-hybridized carbons (Fsp3) is 0.111. The summed E-state index contributed by atoms with van der Waals surface area (Å²) in [5.41, 5.74) is 7.22. The van der Waals surface area contributed by atoms with Gasteiger partial charge >= 0.3 is 0 Å². The lowest BCUT2D eigenvalue weighted by molar-refractivity contribution is 1.21. The van der Waals surface area contributed by atoms with Gasteiger partial charge in [0.2, 0.25) is 5.96 Å². The van der Waals surface area contributed by atoms with E-state index in [0.29, 0.717) is 0 Å². The SMILES string of the molecule is Cc1cccc(N=C(N)NC#N)c1. The third-order valence-corrected chi connectivity index (χ3v) is 1.44. The normalized spacial score (nSPS) is 10.6. The zero-order chi connectivity index (χ0) is 9.68. The third-order valence-electron chi connectivity index (χ3n) is 1.44. The third kappa shape index (κ3) is 2.83. The first-order valence-electron chi connectivity index (χ1n) is 3.78. The van der Waals surface area contributed by atoms with E-state index in [-0.39, 0.29) is 5.96 Å². The molecule has 0 fully saturated rings. The van der Waals surface area contributed by atoms with Gasteiger partial charge in [0.05, 0.1) is 5.69 Å². The fourth-order valence-corrected chi connectivity index (χ4v) is 0.922. The van der Waals surface area contributed by atoms with Crippen molar-refractivity contribution in [2.45, 2.75) is 6.92 Å². The van der Waals surface area contributed by atoms with Crippen LogP contribution in [0.2, 0.25) is 0 Å². The molecule has 0 saturated heterocycles. The Kier molecular flexibility index (Phi) is 2.87. The van der Waals surface area contributed by atoms with Gasteiger partial charge in [-0.15, -0.1) is 0 Å². The van der Waals surface area contributed by atoms with Gasteiger partial charge < -0.3 is 5.73 Å². The van der Waals surface area contributed by atoms with Gasteiger partial charge in [-0.2, -0.15) is 5.26 Å². The maximum absolute atomic E-state index is 8.25. The minimum Gasteiger partial charge on any atom is -0.369 e. The predicted octanol–water partition coefficient (Wildman–Crippen LogP) is 1.01. The predicted molar refractivity (Wildman–Crippen MR) is 51.2 cm³/mol. The lowest BCUT2D eigenvalue weighted by atomic mass is 10.2. The van der Waals surface area contributed by atoms with Crippen molar-refractivity contribution in [3.8, 4) is 6.19 Å². The van der Waals surface area contributed by atoms with Gasteiger partial charge in [0, 0.05) is 0 Å². The van der Waals surface area contributed by atoms with Crippen molar-refractivity contribution >= 4 is 11.6 Å². The van der Waals surface area contributed by atoms with Gasteiger partial charge in [-0.3, -0.25) is 5.32 Å². The zero-order valence-corrected chi connectivity index (χ0v) is 7.28. The molecule has 0 spiro atoms. The average molecular weight is 174 g/mol. The molecular formula is C9H10N4. The number of nitrogens with two attached hydrogens (primary N) is 1. The molecule has 1 aromatic carbocycles. The molecule has 0 radical (unpaired) electrons. The van der Waals surface area contributed by atoms with Gasteiger partial charge in [-0.25, -0.2) is 4.99 Å². The van der Waals surface area contributed by atoms with E-state index >= 15 is 0 Å². The topological polar surface area (TPSA) is 74.2 Å². The van der Waals surface area contributed by atoms with Crippen LogP contribution < -0.4 is 11.1 Å². The highest BCUT2D eigenvalue weighted by Crippen LogP contribution is 2.12. The number of aliphatic imine (C=N–C) groups is 1. The number of hydrogen-bond donors (Lipinski definition) is 2. The Balaban J connectivity index is 2.86. The summed E-state index contributed by atoms with van der Waals surface area (Å²) in [6.45, 7) is 1.97. The summed E-state index contributed by atoms with van der Waals surface area (Å²) in [5.74, 6) is 0.105. The van der Waals surface area contributed by atoms with E-state index in [4.69, 9.17) is 11.0 Å². The molecule has 66 valence electrons. The Hall–Kier alpha value is -2.02. The molecule has 0 bridgehead atoms. The molecule has 0 aliphatic rings. The number of nitriles is 1. The van der Waals surface area contributed by atoms with E-state index in [9.17, 15) is 0 Å². The quantitative estimate of drug-likeness (QED) is 0.289. The van der Waals surface area contributed by atoms with Gasteiger partial charge in [0.25, 0.3) is 0 Å². The lowest BCUT2D eigenvalue weighted by Crippen LogP contribution is -2.26. The molecule has 0 aromatic heterocycles. The van der Waals surface area contributed by atoms with Crippen LogP contribution in [0.3, 0.4) is 0 Å². The smallest absolute Gasteiger partial charge is 0.207 e. The van der Waals surface area contributed by atoms with Crippen LogP contribution in [0.1, 0.15) is 5.56 Å². The highest BCUT2D eigenvalue weighted by atomic mass is 15.1. The minimum atomic E-state index is 0.105. The molecule has 13 heavy (non-hydrogen) atoms. The highest BCUT2D eigenvalue weighted by molar-refractivity contribution is 5.82. The maximum atomic E-state index is 8.25. The first-order chi connectivity index (χ1) is 6.22. The van der Waals surface area contributed by atoms with Crippen LogP contribution in [0.15, 0.2) is 29.3 Å². The van der Waals surface area contributed by atoms with E-state index in [0.717, 1.165) is 11.3 Å². The summed E-state index contributed by atoms with van der Waals surface area (Å²) in [6, 6.07) is 7.55. The number of nitrogens with zero attached hydrogens (tertiary/aromatic N) is 2. The van der Waals surface area contributed by atoms with Crippen molar-refractivity contribution < 1.29 is 0 Å². The molecule has 0 aliphatic heterocycles. The standard InChI is InChI=1S/C9H10N4/c1-7-3-2-4-8(5-7)13-9(11)12-6-10/h2-5H,1H3,(H3,11,12,13). The van der Waals surface area contributed by atoms with E-state index < -0.39 is 0 Å². The summed E-state index contributed by atoms with van der Waals surface area (Å²) in [7, 11) is 0. The number of benzene rings is 1. The number of rotatable bonds is 1. The van der Waals surface area contributed by atoms with Crippen molar-refractivity contribution in [1.82, 2.24) is 5.32 Å². The monoisotopic (exact) mass is 174 g/mol. The van der Waals surface area contributed by atoms with Crippen molar-refractivity contribution in [2.24, 2.45) is 10.7 Å². The summed E-state index contributed by atoms with van der Waals surface area (Å²) < 4.78 is 0. The van der Waals surface area contributed by atoms with Crippen molar-refractivity contribution in [1.29, 1.82) is 5.26 Å². The summed E-state index contributed by atoms with van der Waals surface area (Å²) in [6.07, 6.45) is 1.70. The Morgan fingerprint density at radius 1 is 1.62 bits per heavy atom. The number of nitrogens with one attached hydrogen (secondary N) is 1. The van der Waals surface area contributed by atoms with E-state index in [1.807, 2.05) is 31.2 Å². The van der Waals surface area contributed by atoms with Crippen LogP contribution in [-0.4, -0.2) is 5.96 Å². The summed E-state index contributed by atoms with van der Waals surface area (Å²) >= 11 is 0. The molecule has 3 N–H and O–H groups in total. The zero-order valence-electron chi connectivity index (χ0n) is 7.28. The number of hydrogen-bond acceptors (Lipinski definition) is 2. The van der Waals surface area contributed by atoms with Crippen LogP contribution in [-0.2, 0) is 0 Å². The van der Waals surface area contributed by atoms with Gasteiger partial charge in [-0.05, 0) is 24.6 Å². The molecule has 1 aromatic rings. The maximum Gasteiger partial charge on any atom is 0.207 e. The Morgan fingerprint density at radius 2 is 2.38 bits per heavy atom. The van der Waals surface area contributed by atoms with Crippen LogP contribution in [0, 0.1) is 18.4 Å². The van der Waals surface area contributed by atoms with Gasteiger partial charge in [0.15, 0.2) is 6.19 Å². The Morgan fingerprint density at radius 3 is 3.00 bits per heavy atom. The fourth-order valence-electron chi connectivity index (χ4n) is 0.922. The van der Waals surface area contributed by atoms with Gasteiger partial charge in [-0.1, -0.05) is 12.1 Å². The second-order valence-electron chi connectivity index (χ2n) is 2.57.